The molecule has 140 valence electrons. The molecule has 0 saturated carbocycles. The smallest absolute Gasteiger partial charge is 0.343 e. The van der Waals surface area contributed by atoms with Crippen molar-refractivity contribution in [2.75, 3.05) is 0 Å². The molecular weight excluding hydrogens is 344 g/mol. The molecule has 0 bridgehead atoms. The van der Waals surface area contributed by atoms with Crippen molar-refractivity contribution in [3.05, 3.63) is 74.6 Å². The van der Waals surface area contributed by atoms with Gasteiger partial charge in [-0.25, -0.2) is 4.79 Å². The van der Waals surface area contributed by atoms with E-state index in [1.54, 1.807) is 18.2 Å². The van der Waals surface area contributed by atoms with Crippen molar-refractivity contribution in [2.45, 2.75) is 39.5 Å². The van der Waals surface area contributed by atoms with Gasteiger partial charge in [0.05, 0.1) is 17.4 Å². The van der Waals surface area contributed by atoms with Crippen LogP contribution >= 0.6 is 0 Å². The summed E-state index contributed by atoms with van der Waals surface area (Å²) >= 11 is 0. The van der Waals surface area contributed by atoms with E-state index in [4.69, 9.17) is 4.42 Å². The third kappa shape index (κ3) is 3.58. The molecule has 1 heterocycles. The van der Waals surface area contributed by atoms with Gasteiger partial charge in [0.15, 0.2) is 0 Å². The van der Waals surface area contributed by atoms with Gasteiger partial charge in [0.1, 0.15) is 11.3 Å². The number of carboxylic acid groups (broad SMARTS) is 1. The lowest BCUT2D eigenvalue weighted by molar-refractivity contribution is -0.137. The third-order valence-electron chi connectivity index (χ3n) is 4.88. The summed E-state index contributed by atoms with van der Waals surface area (Å²) in [6, 6.07) is 11.0. The van der Waals surface area contributed by atoms with Crippen LogP contribution in [0, 0.1) is 13.8 Å². The minimum atomic E-state index is -1.06. The van der Waals surface area contributed by atoms with Crippen molar-refractivity contribution in [3.8, 4) is 5.75 Å². The SMILES string of the molecule is CCc1ccc([C@H](CC(=O)O)c2c(O)c3c(C)cc(C)cc3oc2=O)cc1. The van der Waals surface area contributed by atoms with Crippen LogP contribution in [0.1, 0.15) is 47.1 Å². The fourth-order valence-electron chi connectivity index (χ4n) is 3.55. The molecule has 0 aliphatic heterocycles. The van der Waals surface area contributed by atoms with Gasteiger partial charge in [-0.15, -0.1) is 0 Å². The molecule has 0 radical (unpaired) electrons. The van der Waals surface area contributed by atoms with Crippen LogP contribution in [-0.4, -0.2) is 16.2 Å². The molecule has 0 spiro atoms. The first-order chi connectivity index (χ1) is 12.8. The van der Waals surface area contributed by atoms with Gasteiger partial charge in [0.25, 0.3) is 0 Å². The highest BCUT2D eigenvalue weighted by Crippen LogP contribution is 2.37. The fourth-order valence-corrected chi connectivity index (χ4v) is 3.55. The highest BCUT2D eigenvalue weighted by molar-refractivity contribution is 5.88. The maximum atomic E-state index is 12.7. The molecule has 0 amide bonds. The molecule has 0 saturated heterocycles. The molecule has 0 unspecified atom stereocenters. The van der Waals surface area contributed by atoms with Crippen molar-refractivity contribution < 1.29 is 19.4 Å². The van der Waals surface area contributed by atoms with Gasteiger partial charge in [-0.1, -0.05) is 37.3 Å². The second-order valence-electron chi connectivity index (χ2n) is 6.85. The minimum absolute atomic E-state index is 0.0129. The highest BCUT2D eigenvalue weighted by Gasteiger charge is 2.27. The topological polar surface area (TPSA) is 87.7 Å². The normalized spacial score (nSPS) is 12.3. The molecule has 1 aromatic heterocycles. The Morgan fingerprint density at radius 3 is 2.41 bits per heavy atom. The lowest BCUT2D eigenvalue weighted by atomic mass is 9.87. The quantitative estimate of drug-likeness (QED) is 0.658. The maximum Gasteiger partial charge on any atom is 0.343 e. The van der Waals surface area contributed by atoms with Crippen LogP contribution in [0.4, 0.5) is 0 Å². The molecule has 3 rings (SSSR count). The Hall–Kier alpha value is -3.08. The van der Waals surface area contributed by atoms with Crippen LogP contribution in [0.2, 0.25) is 0 Å². The van der Waals surface area contributed by atoms with Gasteiger partial charge < -0.3 is 14.6 Å². The summed E-state index contributed by atoms with van der Waals surface area (Å²) in [7, 11) is 0. The maximum absolute atomic E-state index is 12.7. The molecule has 1 atom stereocenters. The first kappa shape index (κ1) is 18.7. The molecule has 2 N–H and O–H groups in total. The Balaban J connectivity index is 2.26. The van der Waals surface area contributed by atoms with E-state index in [9.17, 15) is 19.8 Å². The zero-order valence-electron chi connectivity index (χ0n) is 15.6. The average molecular weight is 366 g/mol. The minimum Gasteiger partial charge on any atom is -0.507 e. The number of aromatic hydroxyl groups is 1. The van der Waals surface area contributed by atoms with Crippen LogP contribution in [0.3, 0.4) is 0 Å². The van der Waals surface area contributed by atoms with Crippen molar-refractivity contribution in [2.24, 2.45) is 0 Å². The predicted molar refractivity (Wildman–Crippen MR) is 104 cm³/mol. The zero-order valence-corrected chi connectivity index (χ0v) is 15.6. The fraction of sp³-hybridized carbons (Fsp3) is 0.273. The Morgan fingerprint density at radius 1 is 1.15 bits per heavy atom. The number of carbonyl (C=O) groups is 1. The summed E-state index contributed by atoms with van der Waals surface area (Å²) in [5, 5.41) is 20.7. The van der Waals surface area contributed by atoms with Crippen molar-refractivity contribution in [1.29, 1.82) is 0 Å². The van der Waals surface area contributed by atoms with Crippen molar-refractivity contribution in [1.82, 2.24) is 0 Å². The number of aryl methyl sites for hydroxylation is 3. The van der Waals surface area contributed by atoms with E-state index in [0.717, 1.165) is 23.1 Å². The number of hydrogen-bond acceptors (Lipinski definition) is 4. The number of rotatable bonds is 5. The van der Waals surface area contributed by atoms with E-state index < -0.39 is 17.5 Å². The van der Waals surface area contributed by atoms with Gasteiger partial charge in [-0.2, -0.15) is 0 Å². The number of hydrogen-bond donors (Lipinski definition) is 2. The Kier molecular flexibility index (Phi) is 5.04. The molecule has 5 nitrogen and oxygen atoms in total. The number of aliphatic carboxylic acids is 1. The van der Waals surface area contributed by atoms with Crippen LogP contribution < -0.4 is 5.63 Å². The van der Waals surface area contributed by atoms with Gasteiger partial charge in [0.2, 0.25) is 0 Å². The van der Waals surface area contributed by atoms with E-state index in [1.807, 2.05) is 39.0 Å². The summed E-state index contributed by atoms with van der Waals surface area (Å²) < 4.78 is 5.46. The lowest BCUT2D eigenvalue weighted by Gasteiger charge is -2.18. The van der Waals surface area contributed by atoms with Crippen molar-refractivity contribution >= 4 is 16.9 Å². The molecule has 5 heteroatoms. The van der Waals surface area contributed by atoms with E-state index >= 15 is 0 Å². The summed E-state index contributed by atoms with van der Waals surface area (Å²) in [5.41, 5.74) is 3.01. The highest BCUT2D eigenvalue weighted by atomic mass is 16.4. The van der Waals surface area contributed by atoms with E-state index in [-0.39, 0.29) is 17.7 Å². The summed E-state index contributed by atoms with van der Waals surface area (Å²) in [6.45, 7) is 5.72. The third-order valence-corrected chi connectivity index (χ3v) is 4.88. The molecular formula is C22H22O5. The largest absolute Gasteiger partial charge is 0.507 e. The van der Waals surface area contributed by atoms with E-state index in [1.165, 1.54) is 0 Å². The van der Waals surface area contributed by atoms with Gasteiger partial charge >= 0.3 is 11.6 Å². The number of benzene rings is 2. The number of carboxylic acids is 1. The van der Waals surface area contributed by atoms with Crippen LogP contribution in [0.15, 0.2) is 45.6 Å². The van der Waals surface area contributed by atoms with E-state index in [0.29, 0.717) is 16.5 Å². The lowest BCUT2D eigenvalue weighted by Crippen LogP contribution is -2.17. The van der Waals surface area contributed by atoms with Gasteiger partial charge in [-0.05, 0) is 48.6 Å². The first-order valence-corrected chi connectivity index (χ1v) is 8.89. The van der Waals surface area contributed by atoms with Crippen LogP contribution in [0.25, 0.3) is 11.0 Å². The molecule has 3 aromatic rings. The second-order valence-corrected chi connectivity index (χ2v) is 6.85. The van der Waals surface area contributed by atoms with Crippen molar-refractivity contribution in [3.63, 3.8) is 0 Å². The average Bonchev–Trinajstić information content (AvgIpc) is 2.59. The van der Waals surface area contributed by atoms with E-state index in [2.05, 4.69) is 0 Å². The summed E-state index contributed by atoms with van der Waals surface area (Å²) in [6.07, 6.45) is 0.534. The second kappa shape index (κ2) is 7.27. The predicted octanol–water partition coefficient (Wildman–Crippen LogP) is 4.28. The molecule has 0 aliphatic rings. The molecule has 0 aliphatic carbocycles. The van der Waals surface area contributed by atoms with Gasteiger partial charge in [-0.3, -0.25) is 4.79 Å². The van der Waals surface area contributed by atoms with Gasteiger partial charge in [0, 0.05) is 5.92 Å². The zero-order chi connectivity index (χ0) is 19.7. The Bertz CT molecular complexity index is 1060. The molecule has 0 fully saturated rings. The Morgan fingerprint density at radius 2 is 1.81 bits per heavy atom. The summed E-state index contributed by atoms with van der Waals surface area (Å²) in [4.78, 5) is 24.1. The molecule has 2 aromatic carbocycles. The number of fused-ring (bicyclic) bond motifs is 1. The van der Waals surface area contributed by atoms with Crippen LogP contribution in [-0.2, 0) is 11.2 Å². The van der Waals surface area contributed by atoms with Crippen LogP contribution in [0.5, 0.6) is 5.75 Å². The first-order valence-electron chi connectivity index (χ1n) is 8.89. The standard InChI is InChI=1S/C22H22O5/c1-4-14-5-7-15(8-6-14)16(11-18(23)24)20-21(25)19-13(3)9-12(2)10-17(19)27-22(20)26/h5-10,16,25H,4,11H2,1-3H3,(H,23,24)/t16-/m0/s1. The molecule has 27 heavy (non-hydrogen) atoms. The summed E-state index contributed by atoms with van der Waals surface area (Å²) in [5.74, 6) is -2.06. The Labute approximate surface area is 156 Å². The monoisotopic (exact) mass is 366 g/mol.